The number of carbonyl (C=O) groups is 1. The Hall–Kier alpha value is -2.27. The van der Waals surface area contributed by atoms with Crippen molar-refractivity contribution in [1.82, 2.24) is 0 Å². The highest BCUT2D eigenvalue weighted by Gasteiger charge is 2.22. The average Bonchev–Trinajstić information content (AvgIpc) is 3.00. The van der Waals surface area contributed by atoms with Crippen LogP contribution in [0.15, 0.2) is 34.7 Å². The van der Waals surface area contributed by atoms with Gasteiger partial charge in [-0.1, -0.05) is 12.1 Å². The summed E-state index contributed by atoms with van der Waals surface area (Å²) in [6, 6.07) is 9.64. The molecule has 1 aromatic carbocycles. The van der Waals surface area contributed by atoms with Gasteiger partial charge in [-0.3, -0.25) is 0 Å². The molecule has 0 aliphatic carbocycles. The van der Waals surface area contributed by atoms with Crippen LogP contribution < -0.4 is 14.9 Å². The zero-order valence-electron chi connectivity index (χ0n) is 13.6. The predicted molar refractivity (Wildman–Crippen MR) is 85.6 cm³/mol. The van der Waals surface area contributed by atoms with Crippen LogP contribution in [0.3, 0.4) is 0 Å². The van der Waals surface area contributed by atoms with Crippen LogP contribution in [-0.4, -0.2) is 32.1 Å². The van der Waals surface area contributed by atoms with Gasteiger partial charge in [-0.25, -0.2) is 0 Å². The van der Waals surface area contributed by atoms with E-state index in [0.717, 1.165) is 26.2 Å². The van der Waals surface area contributed by atoms with Crippen molar-refractivity contribution in [2.75, 3.05) is 31.1 Å². The van der Waals surface area contributed by atoms with E-state index in [1.807, 2.05) is 0 Å². The molecule has 2 aromatic rings. The molecule has 5 heteroatoms. The van der Waals surface area contributed by atoms with Crippen molar-refractivity contribution in [3.63, 3.8) is 0 Å². The van der Waals surface area contributed by atoms with Crippen LogP contribution in [-0.2, 0) is 6.54 Å². The van der Waals surface area contributed by atoms with Crippen molar-refractivity contribution in [2.24, 2.45) is 0 Å². The summed E-state index contributed by atoms with van der Waals surface area (Å²) in [7, 11) is 0. The summed E-state index contributed by atoms with van der Waals surface area (Å²) in [4.78, 5) is 14.6. The number of hydrogen-bond acceptors (Lipinski definition) is 4. The van der Waals surface area contributed by atoms with Gasteiger partial charge in [-0.15, -0.1) is 0 Å². The number of rotatable bonds is 4. The number of carboxylic acid groups (broad SMARTS) is 1. The molecule has 122 valence electrons. The maximum Gasteiger partial charge on any atom is 0.159 e. The van der Waals surface area contributed by atoms with Gasteiger partial charge in [0.05, 0.1) is 26.2 Å². The highest BCUT2D eigenvalue weighted by molar-refractivity contribution is 5.82. The fourth-order valence-electron chi connectivity index (χ4n) is 3.15. The van der Waals surface area contributed by atoms with Gasteiger partial charge in [0, 0.05) is 5.69 Å². The maximum atomic E-state index is 10.7. The Morgan fingerprint density at radius 1 is 1.22 bits per heavy atom. The first-order valence-electron chi connectivity index (χ1n) is 7.99. The monoisotopic (exact) mass is 314 g/mol. The minimum Gasteiger partial charge on any atom is -0.542 e. The van der Waals surface area contributed by atoms with Crippen molar-refractivity contribution < 1.29 is 19.2 Å². The van der Waals surface area contributed by atoms with Crippen LogP contribution in [0.2, 0.25) is 0 Å². The molecule has 0 bridgehead atoms. The van der Waals surface area contributed by atoms with Gasteiger partial charge in [0.15, 0.2) is 5.76 Å². The Bertz CT molecular complexity index is 700. The number of aryl methyl sites for hydroxylation is 1. The molecule has 3 rings (SSSR count). The smallest absolute Gasteiger partial charge is 0.159 e. The third-order valence-electron chi connectivity index (χ3n) is 4.67. The van der Waals surface area contributed by atoms with Crippen molar-refractivity contribution in [2.45, 2.75) is 20.4 Å². The summed E-state index contributed by atoms with van der Waals surface area (Å²) < 4.78 is 5.30. The summed E-state index contributed by atoms with van der Waals surface area (Å²) in [5, 5.41) is 10.7. The third-order valence-corrected chi connectivity index (χ3v) is 4.67. The zero-order valence-corrected chi connectivity index (χ0v) is 13.6. The minimum atomic E-state index is -1.26. The van der Waals surface area contributed by atoms with Crippen LogP contribution in [0.5, 0.6) is 0 Å². The minimum absolute atomic E-state index is 0.0894. The molecule has 23 heavy (non-hydrogen) atoms. The van der Waals surface area contributed by atoms with Crippen molar-refractivity contribution in [3.05, 3.63) is 53.0 Å². The number of hydrogen-bond donors (Lipinski definition) is 1. The molecule has 0 radical (unpaired) electrons. The Morgan fingerprint density at radius 3 is 2.61 bits per heavy atom. The van der Waals surface area contributed by atoms with Crippen molar-refractivity contribution in [1.29, 1.82) is 0 Å². The fourth-order valence-corrected chi connectivity index (χ4v) is 3.15. The fraction of sp³-hybridized carbons (Fsp3) is 0.389. The first kappa shape index (κ1) is 15.6. The summed E-state index contributed by atoms with van der Waals surface area (Å²) in [5.41, 5.74) is 3.99. The van der Waals surface area contributed by atoms with E-state index in [9.17, 15) is 9.90 Å². The standard InChI is InChI=1S/C18H22N2O3/c1-13-4-3-5-16(14(13)2)20-10-8-19(9-11-20)12-15-6-7-17(23-15)18(21)22/h3-7H,8-12H2,1-2H3,(H,21,22). The Kier molecular flexibility index (Phi) is 4.39. The Balaban J connectivity index is 1.59. The highest BCUT2D eigenvalue weighted by atomic mass is 16.4. The van der Waals surface area contributed by atoms with E-state index in [0.29, 0.717) is 12.3 Å². The van der Waals surface area contributed by atoms with Crippen molar-refractivity contribution >= 4 is 11.7 Å². The normalized spacial score (nSPS) is 15.8. The van der Waals surface area contributed by atoms with E-state index in [-0.39, 0.29) is 5.76 Å². The van der Waals surface area contributed by atoms with Crippen LogP contribution >= 0.6 is 0 Å². The van der Waals surface area contributed by atoms with E-state index in [4.69, 9.17) is 4.42 Å². The van der Waals surface area contributed by atoms with E-state index in [1.54, 1.807) is 6.07 Å². The Morgan fingerprint density at radius 2 is 1.96 bits per heavy atom. The highest BCUT2D eigenvalue weighted by Crippen LogP contribution is 2.22. The number of furan rings is 1. The Labute approximate surface area is 136 Å². The van der Waals surface area contributed by atoms with Gasteiger partial charge in [0.2, 0.25) is 0 Å². The molecule has 0 amide bonds. The quantitative estimate of drug-likeness (QED) is 0.874. The maximum absolute atomic E-state index is 10.7. The number of nitrogens with zero attached hydrogens (tertiary/aromatic N) is 1. The largest absolute Gasteiger partial charge is 0.542 e. The molecule has 5 nitrogen and oxygen atoms in total. The average molecular weight is 314 g/mol. The van der Waals surface area contributed by atoms with E-state index < -0.39 is 5.97 Å². The number of piperazine rings is 1. The van der Waals surface area contributed by atoms with Gasteiger partial charge >= 0.3 is 0 Å². The van der Waals surface area contributed by atoms with Crippen LogP contribution in [0, 0.1) is 13.8 Å². The summed E-state index contributed by atoms with van der Waals surface area (Å²) in [6.07, 6.45) is 0. The predicted octanol–water partition coefficient (Wildman–Crippen LogP) is 0.165. The van der Waals surface area contributed by atoms with Gasteiger partial charge in [-0.05, 0) is 43.2 Å². The number of quaternary nitrogens is 1. The SMILES string of the molecule is Cc1cccc(N2CC[NH+](Cc3ccc(C(=O)[O-])o3)CC2)c1C. The van der Waals surface area contributed by atoms with Crippen molar-refractivity contribution in [3.8, 4) is 0 Å². The van der Waals surface area contributed by atoms with E-state index in [1.165, 1.54) is 27.8 Å². The molecule has 0 atom stereocenters. The van der Waals surface area contributed by atoms with Crippen LogP contribution in [0.25, 0.3) is 0 Å². The number of aromatic carboxylic acids is 1. The molecular formula is C18H22N2O3. The topological polar surface area (TPSA) is 61.0 Å². The molecule has 1 aromatic heterocycles. The molecule has 1 fully saturated rings. The molecule has 1 N–H and O–H groups in total. The second-order valence-corrected chi connectivity index (χ2v) is 6.19. The summed E-state index contributed by atoms with van der Waals surface area (Å²) in [6.45, 7) is 9.04. The zero-order chi connectivity index (χ0) is 16.4. The van der Waals surface area contributed by atoms with E-state index in [2.05, 4.69) is 36.9 Å². The number of benzene rings is 1. The number of nitrogens with one attached hydrogen (secondary N) is 1. The molecule has 1 aliphatic heterocycles. The second kappa shape index (κ2) is 6.46. The van der Waals surface area contributed by atoms with Gasteiger partial charge in [0.1, 0.15) is 18.3 Å². The number of carboxylic acids is 1. The second-order valence-electron chi connectivity index (χ2n) is 6.19. The van der Waals surface area contributed by atoms with Crippen LogP contribution in [0.4, 0.5) is 5.69 Å². The van der Waals surface area contributed by atoms with Gasteiger partial charge in [-0.2, -0.15) is 0 Å². The summed E-state index contributed by atoms with van der Waals surface area (Å²) in [5.74, 6) is -0.640. The molecule has 0 spiro atoms. The summed E-state index contributed by atoms with van der Waals surface area (Å²) >= 11 is 0. The van der Waals surface area contributed by atoms with Gasteiger partial charge in [0.25, 0.3) is 0 Å². The lowest BCUT2D eigenvalue weighted by atomic mass is 10.1. The number of anilines is 1. The first-order valence-corrected chi connectivity index (χ1v) is 7.99. The molecular weight excluding hydrogens is 292 g/mol. The van der Waals surface area contributed by atoms with Gasteiger partial charge < -0.3 is 24.1 Å². The number of carbonyl (C=O) groups excluding carboxylic acids is 1. The molecule has 2 heterocycles. The molecule has 1 saturated heterocycles. The lowest BCUT2D eigenvalue weighted by Gasteiger charge is -2.34. The lowest BCUT2D eigenvalue weighted by Crippen LogP contribution is -3.13. The molecule has 1 aliphatic rings. The molecule has 0 unspecified atom stereocenters. The van der Waals surface area contributed by atoms with Crippen LogP contribution in [0.1, 0.15) is 27.4 Å². The molecule has 0 saturated carbocycles. The lowest BCUT2D eigenvalue weighted by molar-refractivity contribution is -0.915. The first-order chi connectivity index (χ1) is 11.0. The third kappa shape index (κ3) is 3.40. The van der Waals surface area contributed by atoms with E-state index >= 15 is 0 Å².